The lowest BCUT2D eigenvalue weighted by atomic mass is 9.90. The van der Waals surface area contributed by atoms with Crippen molar-refractivity contribution in [1.29, 1.82) is 0 Å². The Labute approximate surface area is 283 Å². The van der Waals surface area contributed by atoms with Crippen LogP contribution in [0, 0.1) is 39.4 Å². The minimum Gasteiger partial charge on any atom is -0.481 e. The molecule has 1 aliphatic heterocycles. The average Bonchev–Trinajstić information content (AvgIpc) is 2.98. The highest BCUT2D eigenvalue weighted by Crippen LogP contribution is 2.40. The zero-order valence-electron chi connectivity index (χ0n) is 28.9. The first kappa shape index (κ1) is 37.7. The number of aliphatic carboxylic acids is 1. The van der Waals surface area contributed by atoms with Crippen molar-refractivity contribution in [2.45, 2.75) is 85.2 Å². The van der Waals surface area contributed by atoms with E-state index >= 15 is 4.39 Å². The van der Waals surface area contributed by atoms with Crippen molar-refractivity contribution in [1.82, 2.24) is 20.0 Å². The summed E-state index contributed by atoms with van der Waals surface area (Å²) in [6.45, 7) is 12.6. The molecule has 9 nitrogen and oxygen atoms in total. The van der Waals surface area contributed by atoms with Gasteiger partial charge in [0.1, 0.15) is 11.9 Å². The number of aromatic nitrogens is 2. The summed E-state index contributed by atoms with van der Waals surface area (Å²) in [5.74, 6) is -4.16. The fraction of sp³-hybridized carbons (Fsp3) is 0.500. The van der Waals surface area contributed by atoms with E-state index < -0.39 is 59.1 Å². The number of amides is 1. The third-order valence-electron chi connectivity index (χ3n) is 9.21. The number of nitrogens with one attached hydrogen (secondary N) is 1. The molecule has 2 N–H and O–H groups in total. The van der Waals surface area contributed by atoms with Crippen molar-refractivity contribution in [3.8, 4) is 11.1 Å². The normalized spacial score (nSPS) is 15.3. The van der Waals surface area contributed by atoms with Crippen LogP contribution in [0.2, 0.25) is 0 Å². The van der Waals surface area contributed by atoms with Crippen LogP contribution in [0.5, 0.6) is 0 Å². The van der Waals surface area contributed by atoms with Gasteiger partial charge in [0.2, 0.25) is 5.91 Å². The van der Waals surface area contributed by atoms with E-state index in [1.54, 1.807) is 53.0 Å². The number of alkyl halides is 3. The number of nitrogens with zero attached hydrogens (tertiary/aromatic N) is 3. The van der Waals surface area contributed by atoms with Crippen molar-refractivity contribution in [2.75, 3.05) is 26.7 Å². The van der Waals surface area contributed by atoms with Crippen molar-refractivity contribution >= 4 is 11.9 Å². The van der Waals surface area contributed by atoms with Crippen molar-refractivity contribution in [3.63, 3.8) is 0 Å². The number of benzene rings is 2. The molecule has 1 aliphatic rings. The standard InChI is InChI=1S/C36H44F4N4O5/c1-19(2)13-30(44-35(48)23(6)22(5)28(42-44)11-12-43-17-25(18-43)49-7)34(47)41-29(16-31(45)46)26-14-24(15-27(33(26)37)36(38,39)40)32-20(3)9-8-10-21(32)4/h8-10,14-15,19,25,29-30H,11-13,16-18H2,1-7H3,(H,41,47)(H,45,46)/t29-,30-/m0/s1. The van der Waals surface area contributed by atoms with E-state index in [1.165, 1.54) is 0 Å². The Morgan fingerprint density at radius 3 is 2.27 bits per heavy atom. The quantitative estimate of drug-likeness (QED) is 0.209. The number of carboxylic acid groups (broad SMARTS) is 1. The number of carbonyl (C=O) groups is 2. The lowest BCUT2D eigenvalue weighted by Gasteiger charge is -2.38. The first-order valence-electron chi connectivity index (χ1n) is 16.3. The van der Waals surface area contributed by atoms with Crippen LogP contribution in [0.25, 0.3) is 11.1 Å². The number of hydrogen-bond acceptors (Lipinski definition) is 6. The van der Waals surface area contributed by atoms with Gasteiger partial charge in [0.25, 0.3) is 5.56 Å². The van der Waals surface area contributed by atoms with Crippen molar-refractivity contribution in [2.24, 2.45) is 5.92 Å². The SMILES string of the molecule is COC1CN(CCc2nn([C@@H](CC(C)C)C(=O)N[C@@H](CC(=O)O)c3cc(-c4c(C)cccc4C)cc(C(F)(F)F)c3F)c(=O)c(C)c2C)C1. The molecule has 266 valence electrons. The van der Waals surface area contributed by atoms with Crippen LogP contribution < -0.4 is 10.9 Å². The molecule has 49 heavy (non-hydrogen) atoms. The predicted octanol–water partition coefficient (Wildman–Crippen LogP) is 6.09. The Kier molecular flexibility index (Phi) is 11.7. The molecule has 1 saturated heterocycles. The van der Waals surface area contributed by atoms with Gasteiger partial charge < -0.3 is 15.2 Å². The van der Waals surface area contributed by atoms with Gasteiger partial charge in [-0.1, -0.05) is 32.0 Å². The number of ether oxygens (including phenoxy) is 1. The highest BCUT2D eigenvalue weighted by atomic mass is 19.4. The van der Waals surface area contributed by atoms with E-state index in [0.29, 0.717) is 52.5 Å². The third kappa shape index (κ3) is 8.56. The molecule has 0 unspecified atom stereocenters. The predicted molar refractivity (Wildman–Crippen MR) is 177 cm³/mol. The van der Waals surface area contributed by atoms with E-state index in [2.05, 4.69) is 15.3 Å². The lowest BCUT2D eigenvalue weighted by Crippen LogP contribution is -2.52. The number of carboxylic acids is 1. The van der Waals surface area contributed by atoms with Gasteiger partial charge in [-0.15, -0.1) is 0 Å². The molecule has 0 radical (unpaired) electrons. The molecule has 0 bridgehead atoms. The second kappa shape index (κ2) is 15.2. The third-order valence-corrected chi connectivity index (χ3v) is 9.21. The lowest BCUT2D eigenvalue weighted by molar-refractivity contribution is -0.140. The molecule has 2 aromatic carbocycles. The summed E-state index contributed by atoms with van der Waals surface area (Å²) in [6, 6.07) is 4.05. The van der Waals surface area contributed by atoms with E-state index in [-0.39, 0.29) is 24.0 Å². The zero-order valence-corrected chi connectivity index (χ0v) is 28.9. The van der Waals surface area contributed by atoms with Crippen molar-refractivity contribution < 1.29 is 37.0 Å². The van der Waals surface area contributed by atoms with Gasteiger partial charge in [0.15, 0.2) is 0 Å². The number of hydrogen-bond donors (Lipinski definition) is 2. The highest BCUT2D eigenvalue weighted by Gasteiger charge is 2.38. The summed E-state index contributed by atoms with van der Waals surface area (Å²) in [7, 11) is 1.65. The Balaban J connectivity index is 1.79. The topological polar surface area (TPSA) is 114 Å². The minimum absolute atomic E-state index is 0.0263. The summed E-state index contributed by atoms with van der Waals surface area (Å²) in [5, 5.41) is 16.9. The molecule has 4 rings (SSSR count). The van der Waals surface area contributed by atoms with E-state index in [4.69, 9.17) is 4.74 Å². The van der Waals surface area contributed by atoms with Gasteiger partial charge in [0, 0.05) is 44.3 Å². The second-order valence-corrected chi connectivity index (χ2v) is 13.3. The fourth-order valence-corrected chi connectivity index (χ4v) is 6.33. The highest BCUT2D eigenvalue weighted by molar-refractivity contribution is 5.82. The van der Waals surface area contributed by atoms with Crippen LogP contribution in [0.1, 0.15) is 77.8 Å². The fourth-order valence-electron chi connectivity index (χ4n) is 6.33. The number of carbonyl (C=O) groups excluding carboxylic acids is 1. The Morgan fingerprint density at radius 1 is 1.08 bits per heavy atom. The molecule has 1 amide bonds. The molecule has 0 spiro atoms. The van der Waals surface area contributed by atoms with Crippen LogP contribution in [0.4, 0.5) is 17.6 Å². The van der Waals surface area contributed by atoms with E-state index in [1.807, 2.05) is 13.8 Å². The summed E-state index contributed by atoms with van der Waals surface area (Å²) in [5.41, 5.74) is 0.650. The van der Waals surface area contributed by atoms with Gasteiger partial charge in [-0.2, -0.15) is 18.3 Å². The monoisotopic (exact) mass is 688 g/mol. The first-order valence-corrected chi connectivity index (χ1v) is 16.3. The molecule has 2 atom stereocenters. The Morgan fingerprint density at radius 2 is 1.71 bits per heavy atom. The molecule has 1 aromatic heterocycles. The average molecular weight is 689 g/mol. The minimum atomic E-state index is -5.11. The van der Waals surface area contributed by atoms with Crippen molar-refractivity contribution in [3.05, 3.63) is 85.6 Å². The number of aryl methyl sites for hydroxylation is 2. The van der Waals surface area contributed by atoms with Gasteiger partial charge in [-0.05, 0) is 80.0 Å². The molecular formula is C36H44F4N4O5. The van der Waals surface area contributed by atoms with Gasteiger partial charge in [-0.3, -0.25) is 19.3 Å². The Bertz CT molecular complexity index is 1750. The van der Waals surface area contributed by atoms with Crippen LogP contribution >= 0.6 is 0 Å². The largest absolute Gasteiger partial charge is 0.481 e. The van der Waals surface area contributed by atoms with Crippen LogP contribution in [-0.4, -0.2) is 64.5 Å². The number of halogens is 4. The first-order chi connectivity index (χ1) is 22.9. The van der Waals surface area contributed by atoms with Crippen LogP contribution in [0.3, 0.4) is 0 Å². The van der Waals surface area contributed by atoms with Gasteiger partial charge in [0.05, 0.1) is 29.8 Å². The maximum atomic E-state index is 15.9. The molecule has 1 fully saturated rings. The molecule has 0 saturated carbocycles. The van der Waals surface area contributed by atoms with E-state index in [9.17, 15) is 32.7 Å². The molecule has 3 aromatic rings. The number of likely N-dealkylation sites (tertiary alicyclic amines) is 1. The smallest absolute Gasteiger partial charge is 0.419 e. The van der Waals surface area contributed by atoms with Crippen LogP contribution in [-0.2, 0) is 26.9 Å². The maximum absolute atomic E-state index is 15.9. The van der Waals surface area contributed by atoms with Gasteiger partial charge >= 0.3 is 12.1 Å². The number of methoxy groups -OCH3 is 1. The summed E-state index contributed by atoms with van der Waals surface area (Å²) in [4.78, 5) is 41.9. The van der Waals surface area contributed by atoms with E-state index in [0.717, 1.165) is 23.8 Å². The molecule has 0 aliphatic carbocycles. The molecule has 2 heterocycles. The zero-order chi connectivity index (χ0) is 36.4. The van der Waals surface area contributed by atoms with Gasteiger partial charge in [-0.25, -0.2) is 9.07 Å². The summed E-state index contributed by atoms with van der Waals surface area (Å²) in [6.07, 6.45) is -5.29. The second-order valence-electron chi connectivity index (χ2n) is 13.3. The molecular weight excluding hydrogens is 644 g/mol. The Hall–Kier alpha value is -4.10. The molecule has 13 heteroatoms. The van der Waals surface area contributed by atoms with Crippen LogP contribution in [0.15, 0.2) is 35.1 Å². The maximum Gasteiger partial charge on any atom is 0.419 e. The summed E-state index contributed by atoms with van der Waals surface area (Å²) < 4.78 is 65.0. The number of rotatable bonds is 13. The summed E-state index contributed by atoms with van der Waals surface area (Å²) >= 11 is 0.